The third kappa shape index (κ3) is 4.01. The number of anilines is 1. The number of hydrogen-bond donors (Lipinski definition) is 2. The highest BCUT2D eigenvalue weighted by Gasteiger charge is 2.28. The van der Waals surface area contributed by atoms with Crippen LogP contribution in [0.15, 0.2) is 18.2 Å². The predicted octanol–water partition coefficient (Wildman–Crippen LogP) is 1.41. The van der Waals surface area contributed by atoms with Gasteiger partial charge < -0.3 is 11.1 Å². The Morgan fingerprint density at radius 3 is 2.86 bits per heavy atom. The fourth-order valence-corrected chi connectivity index (χ4v) is 2.60. The van der Waals surface area contributed by atoms with Crippen molar-refractivity contribution in [3.05, 3.63) is 29.6 Å². The number of amides is 2. The SMILES string of the molecule is Cc1ccc(NC(=O)CN2CCCC[C@H]2C(N)=O)c(F)c1. The maximum absolute atomic E-state index is 13.7. The minimum absolute atomic E-state index is 0.0426. The first-order chi connectivity index (χ1) is 9.97. The molecule has 6 heteroatoms. The van der Waals surface area contributed by atoms with Gasteiger partial charge in [-0.2, -0.15) is 0 Å². The molecule has 114 valence electrons. The summed E-state index contributed by atoms with van der Waals surface area (Å²) in [7, 11) is 0. The van der Waals surface area contributed by atoms with Crippen LogP contribution in [0.1, 0.15) is 24.8 Å². The van der Waals surface area contributed by atoms with E-state index in [2.05, 4.69) is 5.32 Å². The van der Waals surface area contributed by atoms with E-state index in [1.807, 2.05) is 0 Å². The van der Waals surface area contributed by atoms with Crippen LogP contribution < -0.4 is 11.1 Å². The van der Waals surface area contributed by atoms with Crippen molar-refractivity contribution in [2.45, 2.75) is 32.2 Å². The molecule has 0 unspecified atom stereocenters. The Hall–Kier alpha value is -1.95. The molecule has 21 heavy (non-hydrogen) atoms. The lowest BCUT2D eigenvalue weighted by Crippen LogP contribution is -2.50. The summed E-state index contributed by atoms with van der Waals surface area (Å²) in [4.78, 5) is 25.2. The lowest BCUT2D eigenvalue weighted by Gasteiger charge is -2.32. The first-order valence-corrected chi connectivity index (χ1v) is 7.07. The molecule has 0 spiro atoms. The van der Waals surface area contributed by atoms with Crippen LogP contribution in [0.25, 0.3) is 0 Å². The molecule has 1 saturated heterocycles. The first kappa shape index (κ1) is 15.4. The lowest BCUT2D eigenvalue weighted by atomic mass is 10.0. The number of nitrogens with zero attached hydrogens (tertiary/aromatic N) is 1. The van der Waals surface area contributed by atoms with Gasteiger partial charge in [-0.1, -0.05) is 12.5 Å². The van der Waals surface area contributed by atoms with Crippen LogP contribution in [0.2, 0.25) is 0 Å². The second-order valence-electron chi connectivity index (χ2n) is 5.42. The molecule has 1 heterocycles. The number of likely N-dealkylation sites (tertiary alicyclic amines) is 1. The molecule has 3 N–H and O–H groups in total. The van der Waals surface area contributed by atoms with Crippen molar-refractivity contribution in [2.24, 2.45) is 5.73 Å². The molecule has 1 aliphatic heterocycles. The van der Waals surface area contributed by atoms with Gasteiger partial charge in [-0.25, -0.2) is 4.39 Å². The zero-order chi connectivity index (χ0) is 15.4. The topological polar surface area (TPSA) is 75.4 Å². The summed E-state index contributed by atoms with van der Waals surface area (Å²) in [5.41, 5.74) is 6.29. The zero-order valence-electron chi connectivity index (χ0n) is 12.1. The highest BCUT2D eigenvalue weighted by atomic mass is 19.1. The molecule has 0 aromatic heterocycles. The van der Waals surface area contributed by atoms with Gasteiger partial charge in [-0.05, 0) is 44.0 Å². The molecule has 2 amide bonds. The predicted molar refractivity (Wildman–Crippen MR) is 78.2 cm³/mol. The first-order valence-electron chi connectivity index (χ1n) is 7.07. The average molecular weight is 293 g/mol. The van der Waals surface area contributed by atoms with Crippen molar-refractivity contribution in [1.82, 2.24) is 4.90 Å². The number of rotatable bonds is 4. The Morgan fingerprint density at radius 1 is 1.43 bits per heavy atom. The molecule has 2 rings (SSSR count). The van der Waals surface area contributed by atoms with E-state index in [1.54, 1.807) is 17.9 Å². The van der Waals surface area contributed by atoms with E-state index in [4.69, 9.17) is 5.73 Å². The van der Waals surface area contributed by atoms with E-state index in [-0.39, 0.29) is 18.1 Å². The minimum atomic E-state index is -0.464. The fourth-order valence-electron chi connectivity index (χ4n) is 2.60. The zero-order valence-corrected chi connectivity index (χ0v) is 12.1. The Kier molecular flexibility index (Phi) is 4.90. The number of primary amides is 1. The molecule has 1 atom stereocenters. The van der Waals surface area contributed by atoms with Crippen LogP contribution in [-0.2, 0) is 9.59 Å². The molecule has 0 radical (unpaired) electrons. The van der Waals surface area contributed by atoms with Gasteiger partial charge in [-0.15, -0.1) is 0 Å². The van der Waals surface area contributed by atoms with Crippen molar-refractivity contribution in [2.75, 3.05) is 18.4 Å². The summed E-state index contributed by atoms with van der Waals surface area (Å²) in [5.74, 6) is -1.22. The molecular formula is C15H20FN3O2. The number of hydrogen-bond acceptors (Lipinski definition) is 3. The van der Waals surface area contributed by atoms with E-state index in [0.29, 0.717) is 13.0 Å². The minimum Gasteiger partial charge on any atom is -0.368 e. The van der Waals surface area contributed by atoms with Gasteiger partial charge >= 0.3 is 0 Å². The summed E-state index contributed by atoms with van der Waals surface area (Å²) in [6.45, 7) is 2.47. The third-order valence-electron chi connectivity index (χ3n) is 3.69. The Morgan fingerprint density at radius 2 is 2.19 bits per heavy atom. The number of nitrogens with one attached hydrogen (secondary N) is 1. The second kappa shape index (κ2) is 6.67. The van der Waals surface area contributed by atoms with E-state index >= 15 is 0 Å². The number of halogens is 1. The van der Waals surface area contributed by atoms with E-state index in [1.165, 1.54) is 12.1 Å². The maximum Gasteiger partial charge on any atom is 0.238 e. The Bertz CT molecular complexity index is 548. The van der Waals surface area contributed by atoms with Crippen LogP contribution in [0.3, 0.4) is 0 Å². The summed E-state index contributed by atoms with van der Waals surface area (Å²) in [6, 6.07) is 4.21. The van der Waals surface area contributed by atoms with Gasteiger partial charge in [0.2, 0.25) is 11.8 Å². The molecular weight excluding hydrogens is 273 g/mol. The number of piperidine rings is 1. The standard InChI is InChI=1S/C15H20FN3O2/c1-10-5-6-12(11(16)8-10)18-14(20)9-19-7-3-2-4-13(19)15(17)21/h5-6,8,13H,2-4,7,9H2,1H3,(H2,17,21)(H,18,20)/t13-/m0/s1. The highest BCUT2D eigenvalue weighted by Crippen LogP contribution is 2.18. The molecule has 0 aliphatic carbocycles. The molecule has 5 nitrogen and oxygen atoms in total. The van der Waals surface area contributed by atoms with Crippen molar-refractivity contribution < 1.29 is 14.0 Å². The summed E-state index contributed by atoms with van der Waals surface area (Å²) in [6.07, 6.45) is 2.52. The smallest absolute Gasteiger partial charge is 0.238 e. The summed E-state index contributed by atoms with van der Waals surface area (Å²) < 4.78 is 13.7. The Balaban J connectivity index is 1.98. The third-order valence-corrected chi connectivity index (χ3v) is 3.69. The number of benzene rings is 1. The largest absolute Gasteiger partial charge is 0.368 e. The number of aryl methyl sites for hydroxylation is 1. The van der Waals surface area contributed by atoms with Gasteiger partial charge in [0, 0.05) is 0 Å². The van der Waals surface area contributed by atoms with Crippen LogP contribution in [0.5, 0.6) is 0 Å². The second-order valence-corrected chi connectivity index (χ2v) is 5.42. The molecule has 0 saturated carbocycles. The van der Waals surface area contributed by atoms with Crippen LogP contribution in [-0.4, -0.2) is 35.8 Å². The number of nitrogens with two attached hydrogens (primary N) is 1. The molecule has 1 aromatic carbocycles. The van der Waals surface area contributed by atoms with Crippen molar-refractivity contribution in [1.29, 1.82) is 0 Å². The summed E-state index contributed by atoms with van der Waals surface area (Å²) in [5, 5.41) is 2.54. The lowest BCUT2D eigenvalue weighted by molar-refractivity contribution is -0.126. The summed E-state index contributed by atoms with van der Waals surface area (Å²) >= 11 is 0. The maximum atomic E-state index is 13.7. The molecule has 1 aromatic rings. The van der Waals surface area contributed by atoms with Crippen molar-refractivity contribution >= 4 is 17.5 Å². The fraction of sp³-hybridized carbons (Fsp3) is 0.467. The quantitative estimate of drug-likeness (QED) is 0.881. The van der Waals surface area contributed by atoms with Gasteiger partial charge in [0.25, 0.3) is 0 Å². The van der Waals surface area contributed by atoms with Gasteiger partial charge in [0.15, 0.2) is 0 Å². The highest BCUT2D eigenvalue weighted by molar-refractivity contribution is 5.93. The van der Waals surface area contributed by atoms with Gasteiger partial charge in [-0.3, -0.25) is 14.5 Å². The van der Waals surface area contributed by atoms with E-state index in [0.717, 1.165) is 18.4 Å². The molecule has 1 aliphatic rings. The van der Waals surface area contributed by atoms with Gasteiger partial charge in [0.05, 0.1) is 18.3 Å². The van der Waals surface area contributed by atoms with Crippen LogP contribution >= 0.6 is 0 Å². The normalized spacial score (nSPS) is 19.2. The average Bonchev–Trinajstić information content (AvgIpc) is 2.42. The van der Waals surface area contributed by atoms with E-state index in [9.17, 15) is 14.0 Å². The van der Waals surface area contributed by atoms with Crippen LogP contribution in [0, 0.1) is 12.7 Å². The number of carbonyl (C=O) groups excluding carboxylic acids is 2. The van der Waals surface area contributed by atoms with E-state index < -0.39 is 17.8 Å². The van der Waals surface area contributed by atoms with Crippen molar-refractivity contribution in [3.8, 4) is 0 Å². The van der Waals surface area contributed by atoms with Gasteiger partial charge in [0.1, 0.15) is 5.82 Å². The number of carbonyl (C=O) groups is 2. The Labute approximate surface area is 123 Å². The monoisotopic (exact) mass is 293 g/mol. The molecule has 1 fully saturated rings. The molecule has 0 bridgehead atoms. The van der Waals surface area contributed by atoms with Crippen molar-refractivity contribution in [3.63, 3.8) is 0 Å². The van der Waals surface area contributed by atoms with Crippen LogP contribution in [0.4, 0.5) is 10.1 Å².